The van der Waals surface area contributed by atoms with Gasteiger partial charge in [0.1, 0.15) is 6.54 Å². The first-order valence-corrected chi connectivity index (χ1v) is 6.72. The van der Waals surface area contributed by atoms with Gasteiger partial charge in [-0.15, -0.1) is 0 Å². The van der Waals surface area contributed by atoms with Crippen molar-refractivity contribution >= 4 is 23.8 Å². The van der Waals surface area contributed by atoms with E-state index in [4.69, 9.17) is 0 Å². The molecular weight excluding hydrogens is 228 g/mol. The number of rotatable bonds is 7. The summed E-state index contributed by atoms with van der Waals surface area (Å²) in [6.45, 7) is 3.97. The van der Waals surface area contributed by atoms with Crippen molar-refractivity contribution in [2.75, 3.05) is 25.2 Å². The fourth-order valence-corrected chi connectivity index (χ4v) is 1.79. The zero-order valence-electron chi connectivity index (χ0n) is 10.0. The van der Waals surface area contributed by atoms with Gasteiger partial charge in [-0.1, -0.05) is 6.92 Å². The molecule has 0 fully saturated rings. The Labute approximate surface area is 101 Å². The van der Waals surface area contributed by atoms with Gasteiger partial charge in [0, 0.05) is 11.8 Å². The molecule has 0 aromatic heterocycles. The van der Waals surface area contributed by atoms with Crippen LogP contribution >= 0.6 is 11.8 Å². The standard InChI is InChI=1S/C10H20N2O3S/c1-4-8(7-16-3)12-10(14)11-6-9(13)15-5-2/h8H,4-7H2,1-3H3,(H2,11,12,14). The van der Waals surface area contributed by atoms with Crippen molar-refractivity contribution in [1.29, 1.82) is 0 Å². The largest absolute Gasteiger partial charge is 0.465 e. The van der Waals surface area contributed by atoms with Crippen LogP contribution in [0.4, 0.5) is 4.79 Å². The minimum atomic E-state index is -0.421. The Kier molecular flexibility index (Phi) is 8.80. The summed E-state index contributed by atoms with van der Waals surface area (Å²) in [6.07, 6.45) is 2.86. The molecule has 0 saturated heterocycles. The third-order valence-corrected chi connectivity index (χ3v) is 2.63. The molecule has 0 aromatic rings. The number of carbonyl (C=O) groups excluding carboxylic acids is 2. The van der Waals surface area contributed by atoms with Crippen molar-refractivity contribution in [2.45, 2.75) is 26.3 Å². The molecule has 0 heterocycles. The van der Waals surface area contributed by atoms with Crippen molar-refractivity contribution in [2.24, 2.45) is 0 Å². The average Bonchev–Trinajstić information content (AvgIpc) is 2.26. The van der Waals surface area contributed by atoms with E-state index in [1.807, 2.05) is 13.2 Å². The average molecular weight is 248 g/mol. The highest BCUT2D eigenvalue weighted by atomic mass is 32.2. The maximum Gasteiger partial charge on any atom is 0.325 e. The lowest BCUT2D eigenvalue weighted by atomic mass is 10.3. The summed E-state index contributed by atoms with van der Waals surface area (Å²) in [6, 6.07) is -0.189. The molecule has 0 saturated carbocycles. The number of thioether (sulfide) groups is 1. The number of nitrogens with one attached hydrogen (secondary N) is 2. The van der Waals surface area contributed by atoms with Crippen LogP contribution in [0.3, 0.4) is 0 Å². The van der Waals surface area contributed by atoms with Crippen LogP contribution in [0.1, 0.15) is 20.3 Å². The molecule has 94 valence electrons. The minimum absolute atomic E-state index is 0.0879. The molecule has 0 bridgehead atoms. The Bertz CT molecular complexity index is 224. The van der Waals surface area contributed by atoms with Crippen LogP contribution in [0.5, 0.6) is 0 Å². The molecule has 2 amide bonds. The van der Waals surface area contributed by atoms with Gasteiger partial charge < -0.3 is 15.4 Å². The molecule has 0 aliphatic rings. The van der Waals surface area contributed by atoms with E-state index >= 15 is 0 Å². The van der Waals surface area contributed by atoms with Gasteiger partial charge in [0.2, 0.25) is 0 Å². The molecule has 0 aromatic carbocycles. The van der Waals surface area contributed by atoms with Crippen molar-refractivity contribution in [1.82, 2.24) is 10.6 Å². The third-order valence-electron chi connectivity index (χ3n) is 1.89. The molecule has 16 heavy (non-hydrogen) atoms. The van der Waals surface area contributed by atoms with Gasteiger partial charge in [-0.2, -0.15) is 11.8 Å². The maximum absolute atomic E-state index is 11.4. The monoisotopic (exact) mass is 248 g/mol. The fourth-order valence-electron chi connectivity index (χ4n) is 1.06. The Morgan fingerprint density at radius 2 is 2.06 bits per heavy atom. The summed E-state index contributed by atoms with van der Waals surface area (Å²) in [5.74, 6) is 0.444. The van der Waals surface area contributed by atoms with E-state index in [9.17, 15) is 9.59 Å². The number of ether oxygens (including phenoxy) is 1. The van der Waals surface area contributed by atoms with Crippen molar-refractivity contribution in [3.8, 4) is 0 Å². The van der Waals surface area contributed by atoms with E-state index in [1.165, 1.54) is 0 Å². The fraction of sp³-hybridized carbons (Fsp3) is 0.800. The lowest BCUT2D eigenvalue weighted by Gasteiger charge is -2.15. The summed E-state index contributed by atoms with van der Waals surface area (Å²) in [7, 11) is 0. The number of amides is 2. The molecule has 0 spiro atoms. The quantitative estimate of drug-likeness (QED) is 0.659. The summed E-state index contributed by atoms with van der Waals surface area (Å²) < 4.78 is 4.69. The highest BCUT2D eigenvalue weighted by Gasteiger charge is 2.10. The summed E-state index contributed by atoms with van der Waals surface area (Å²) in [5.41, 5.74) is 0. The van der Waals surface area contributed by atoms with E-state index in [-0.39, 0.29) is 18.6 Å². The summed E-state index contributed by atoms with van der Waals surface area (Å²) in [5, 5.41) is 5.24. The molecule has 5 nitrogen and oxygen atoms in total. The summed E-state index contributed by atoms with van der Waals surface area (Å²) in [4.78, 5) is 22.3. The Morgan fingerprint density at radius 1 is 1.38 bits per heavy atom. The predicted molar refractivity (Wildman–Crippen MR) is 65.6 cm³/mol. The molecule has 6 heteroatoms. The second kappa shape index (κ2) is 9.33. The van der Waals surface area contributed by atoms with E-state index in [1.54, 1.807) is 18.7 Å². The van der Waals surface area contributed by atoms with Gasteiger partial charge in [-0.25, -0.2) is 4.79 Å². The highest BCUT2D eigenvalue weighted by molar-refractivity contribution is 7.98. The first kappa shape index (κ1) is 15.1. The maximum atomic E-state index is 11.4. The van der Waals surface area contributed by atoms with Crippen LogP contribution in [0, 0.1) is 0 Å². The van der Waals surface area contributed by atoms with Crippen molar-refractivity contribution in [3.05, 3.63) is 0 Å². The van der Waals surface area contributed by atoms with E-state index in [2.05, 4.69) is 15.4 Å². The topological polar surface area (TPSA) is 67.4 Å². The number of urea groups is 1. The molecule has 0 aliphatic heterocycles. The number of hydrogen-bond acceptors (Lipinski definition) is 4. The Morgan fingerprint density at radius 3 is 2.56 bits per heavy atom. The number of esters is 1. The second-order valence-electron chi connectivity index (χ2n) is 3.19. The molecule has 1 unspecified atom stereocenters. The second-order valence-corrected chi connectivity index (χ2v) is 4.10. The minimum Gasteiger partial charge on any atom is -0.465 e. The highest BCUT2D eigenvalue weighted by Crippen LogP contribution is 2.00. The smallest absolute Gasteiger partial charge is 0.325 e. The molecule has 0 radical (unpaired) electrons. The lowest BCUT2D eigenvalue weighted by molar-refractivity contribution is -0.141. The first-order valence-electron chi connectivity index (χ1n) is 5.32. The number of hydrogen-bond donors (Lipinski definition) is 2. The molecule has 0 rings (SSSR count). The Hall–Kier alpha value is -0.910. The van der Waals surface area contributed by atoms with Gasteiger partial charge >= 0.3 is 12.0 Å². The van der Waals surface area contributed by atoms with Crippen LogP contribution < -0.4 is 10.6 Å². The lowest BCUT2D eigenvalue weighted by Crippen LogP contribution is -2.44. The molecule has 1 atom stereocenters. The molecule has 2 N–H and O–H groups in total. The zero-order valence-corrected chi connectivity index (χ0v) is 10.9. The van der Waals surface area contributed by atoms with Gasteiger partial charge in [-0.05, 0) is 19.6 Å². The first-order chi connectivity index (χ1) is 7.63. The van der Waals surface area contributed by atoms with Crippen LogP contribution in [0.2, 0.25) is 0 Å². The number of carbonyl (C=O) groups is 2. The molecule has 0 aliphatic carbocycles. The van der Waals surface area contributed by atoms with Crippen LogP contribution in [-0.4, -0.2) is 43.2 Å². The summed E-state index contributed by atoms with van der Waals surface area (Å²) >= 11 is 1.67. The van der Waals surface area contributed by atoms with E-state index < -0.39 is 5.97 Å². The molecular formula is C10H20N2O3S. The van der Waals surface area contributed by atoms with Gasteiger partial charge in [0.25, 0.3) is 0 Å². The normalized spacial score (nSPS) is 11.7. The third kappa shape index (κ3) is 7.39. The predicted octanol–water partition coefficient (Wildman–Crippen LogP) is 0.990. The van der Waals surface area contributed by atoms with Crippen LogP contribution in [0.25, 0.3) is 0 Å². The zero-order chi connectivity index (χ0) is 12.4. The SMILES string of the molecule is CCOC(=O)CNC(=O)NC(CC)CSC. The Balaban J connectivity index is 3.75. The van der Waals surface area contributed by atoms with Crippen LogP contribution in [-0.2, 0) is 9.53 Å². The van der Waals surface area contributed by atoms with Gasteiger partial charge in [0.15, 0.2) is 0 Å². The van der Waals surface area contributed by atoms with E-state index in [0.717, 1.165) is 12.2 Å². The van der Waals surface area contributed by atoms with Crippen LogP contribution in [0.15, 0.2) is 0 Å². The van der Waals surface area contributed by atoms with E-state index in [0.29, 0.717) is 6.61 Å². The van der Waals surface area contributed by atoms with Crippen molar-refractivity contribution < 1.29 is 14.3 Å². The van der Waals surface area contributed by atoms with Gasteiger partial charge in [-0.3, -0.25) is 4.79 Å². The van der Waals surface area contributed by atoms with Crippen molar-refractivity contribution in [3.63, 3.8) is 0 Å². The van der Waals surface area contributed by atoms with Gasteiger partial charge in [0.05, 0.1) is 6.61 Å².